The normalized spacial score (nSPS) is 23.8. The van der Waals surface area contributed by atoms with E-state index in [0.717, 1.165) is 55.4 Å². The molecule has 0 spiro atoms. The molecule has 0 bridgehead atoms. The number of rotatable bonds is 2. The van der Waals surface area contributed by atoms with Gasteiger partial charge in [-0.3, -0.25) is 0 Å². The van der Waals surface area contributed by atoms with Crippen LogP contribution in [0.3, 0.4) is 0 Å². The van der Waals surface area contributed by atoms with E-state index in [1.54, 1.807) is 0 Å². The third-order valence-electron chi connectivity index (χ3n) is 10.9. The Hall–Kier alpha value is -3.48. The van der Waals surface area contributed by atoms with Crippen LogP contribution in [-0.4, -0.2) is 51.7 Å². The van der Waals surface area contributed by atoms with Crippen LogP contribution in [0.4, 0.5) is 22.7 Å². The quantitative estimate of drug-likeness (QED) is 0.238. The van der Waals surface area contributed by atoms with Crippen molar-refractivity contribution in [1.82, 2.24) is 0 Å². The van der Waals surface area contributed by atoms with Gasteiger partial charge in [-0.05, 0) is 85.7 Å². The lowest BCUT2D eigenvalue weighted by molar-refractivity contribution is -0.535. The molecular formula is C39H54N4O2-2. The van der Waals surface area contributed by atoms with Gasteiger partial charge in [-0.1, -0.05) is 71.5 Å². The highest BCUT2D eigenvalue weighted by atomic mass is 16.3. The van der Waals surface area contributed by atoms with Crippen LogP contribution in [0, 0.1) is 0 Å². The third kappa shape index (κ3) is 4.58. The van der Waals surface area contributed by atoms with Gasteiger partial charge >= 0.3 is 0 Å². The summed E-state index contributed by atoms with van der Waals surface area (Å²) in [5.74, 6) is -1.15. The number of hydrogen-bond donors (Lipinski definition) is 0. The fraction of sp³-hybridized carbons (Fsp3) is 0.487. The van der Waals surface area contributed by atoms with E-state index in [2.05, 4.69) is 124 Å². The first-order valence-electron chi connectivity index (χ1n) is 16.3. The average molecular weight is 611 g/mol. The minimum Gasteiger partial charge on any atom is -0.851 e. The maximum atomic E-state index is 14.1. The van der Waals surface area contributed by atoms with Gasteiger partial charge in [0.1, 0.15) is 11.3 Å². The van der Waals surface area contributed by atoms with Crippen LogP contribution in [-0.2, 0) is 0 Å². The highest BCUT2D eigenvalue weighted by Gasteiger charge is 2.43. The fourth-order valence-corrected chi connectivity index (χ4v) is 7.49. The minimum atomic E-state index is -0.998. The standard InChI is InChI=1S/C34H38N4O2.2C2H6.CH4/c1-33(2)35(5)23-13-9-11-19-21(15-17-25(27(19)23)37(33)7)29-31(39)30(32(29)40)22-16-18-26-28-20(22)12-10-14-24(28)36(6)34(3,4)38(26)8;2*1-2;/h9-18,29-32H,1-8H3;2*1-2H3;1H4/q-2;;;. The Bertz CT molecular complexity index is 1530. The van der Waals surface area contributed by atoms with Crippen molar-refractivity contribution in [1.29, 1.82) is 0 Å². The van der Waals surface area contributed by atoms with Gasteiger partial charge in [0.15, 0.2) is 0 Å². The molecule has 0 aromatic heterocycles. The maximum absolute atomic E-state index is 14.1. The van der Waals surface area contributed by atoms with Crippen molar-refractivity contribution in [2.45, 2.75) is 98.2 Å². The van der Waals surface area contributed by atoms with E-state index in [1.807, 2.05) is 39.8 Å². The molecule has 4 aromatic rings. The monoisotopic (exact) mass is 610 g/mol. The molecule has 7 rings (SSSR count). The predicted octanol–water partition coefficient (Wildman–Crippen LogP) is 7.26. The summed E-state index contributed by atoms with van der Waals surface area (Å²) in [5.41, 5.74) is 5.94. The van der Waals surface area contributed by atoms with Crippen LogP contribution in [0.1, 0.15) is 85.8 Å². The van der Waals surface area contributed by atoms with Gasteiger partial charge in [-0.15, -0.1) is 12.2 Å². The summed E-state index contributed by atoms with van der Waals surface area (Å²) < 4.78 is 0. The SMILES string of the molecule is C.CC.CC.CN1c2cccc3c(C4C([O-])C(c5ccc6c7c(cccc57)N(C)C(C)(C)N6C)C4[O-])ccc(c23)N(C)C1(C)C. The highest BCUT2D eigenvalue weighted by molar-refractivity contribution is 6.09. The fourth-order valence-electron chi connectivity index (χ4n) is 7.49. The molecule has 2 heterocycles. The molecule has 244 valence electrons. The lowest BCUT2D eigenvalue weighted by Gasteiger charge is -2.62. The maximum Gasteiger partial charge on any atom is 0.106 e. The first-order valence-corrected chi connectivity index (χ1v) is 16.3. The highest BCUT2D eigenvalue weighted by Crippen LogP contribution is 2.54. The van der Waals surface area contributed by atoms with E-state index in [1.165, 1.54) is 0 Å². The van der Waals surface area contributed by atoms with Crippen LogP contribution in [0.25, 0.3) is 21.5 Å². The molecule has 4 aromatic carbocycles. The zero-order valence-corrected chi connectivity index (χ0v) is 28.7. The van der Waals surface area contributed by atoms with Crippen LogP contribution in [0.5, 0.6) is 0 Å². The second-order valence-electron chi connectivity index (χ2n) is 13.0. The summed E-state index contributed by atoms with van der Waals surface area (Å²) >= 11 is 0. The number of hydrogen-bond acceptors (Lipinski definition) is 6. The third-order valence-corrected chi connectivity index (χ3v) is 10.9. The molecule has 45 heavy (non-hydrogen) atoms. The topological polar surface area (TPSA) is 59.1 Å². The Kier molecular flexibility index (Phi) is 9.20. The lowest BCUT2D eigenvalue weighted by atomic mass is 9.62. The van der Waals surface area contributed by atoms with E-state index in [4.69, 9.17) is 0 Å². The van der Waals surface area contributed by atoms with Gasteiger partial charge in [-0.2, -0.15) is 0 Å². The van der Waals surface area contributed by atoms with E-state index < -0.39 is 24.0 Å². The van der Waals surface area contributed by atoms with Gasteiger partial charge in [-0.25, -0.2) is 0 Å². The Morgan fingerprint density at radius 3 is 1.09 bits per heavy atom. The Labute approximate surface area is 271 Å². The molecule has 2 aliphatic heterocycles. The largest absolute Gasteiger partial charge is 0.851 e. The number of benzene rings is 4. The molecule has 0 N–H and O–H groups in total. The summed E-state index contributed by atoms with van der Waals surface area (Å²) in [6, 6.07) is 20.9. The summed E-state index contributed by atoms with van der Waals surface area (Å²) in [4.78, 5) is 9.13. The summed E-state index contributed by atoms with van der Waals surface area (Å²) in [6.07, 6.45) is -2.00. The van der Waals surface area contributed by atoms with Crippen LogP contribution >= 0.6 is 0 Å². The zero-order valence-electron chi connectivity index (χ0n) is 28.7. The molecule has 0 unspecified atom stereocenters. The van der Waals surface area contributed by atoms with Gasteiger partial charge in [0, 0.05) is 61.7 Å². The predicted molar refractivity (Wildman–Crippen MR) is 192 cm³/mol. The van der Waals surface area contributed by atoms with Crippen molar-refractivity contribution >= 4 is 44.3 Å². The van der Waals surface area contributed by atoms with E-state index >= 15 is 0 Å². The first kappa shape index (κ1) is 34.4. The molecule has 1 aliphatic carbocycles. The molecule has 0 radical (unpaired) electrons. The van der Waals surface area contributed by atoms with Gasteiger partial charge < -0.3 is 29.8 Å². The molecule has 1 fully saturated rings. The molecule has 6 heteroatoms. The van der Waals surface area contributed by atoms with Gasteiger partial charge in [0.05, 0.1) is 0 Å². The van der Waals surface area contributed by atoms with Crippen molar-refractivity contribution in [2.24, 2.45) is 0 Å². The van der Waals surface area contributed by atoms with E-state index in [0.29, 0.717) is 0 Å². The smallest absolute Gasteiger partial charge is 0.106 e. The molecule has 6 nitrogen and oxygen atoms in total. The number of nitrogens with zero attached hydrogens (tertiary/aromatic N) is 4. The summed E-state index contributed by atoms with van der Waals surface area (Å²) in [5, 5.41) is 32.4. The average Bonchev–Trinajstić information content (AvgIpc) is 3.04. The first-order chi connectivity index (χ1) is 20.9. The van der Waals surface area contributed by atoms with Crippen molar-refractivity contribution in [3.05, 3.63) is 71.8 Å². The molecular weight excluding hydrogens is 556 g/mol. The Morgan fingerprint density at radius 2 is 0.778 bits per heavy atom. The van der Waals surface area contributed by atoms with Gasteiger partial charge in [0.25, 0.3) is 0 Å². The minimum absolute atomic E-state index is 0. The lowest BCUT2D eigenvalue weighted by Crippen LogP contribution is -2.63. The second-order valence-corrected chi connectivity index (χ2v) is 13.0. The van der Waals surface area contributed by atoms with E-state index in [9.17, 15) is 10.2 Å². The molecule has 0 amide bonds. The number of anilines is 4. The molecule has 0 saturated heterocycles. The Balaban J connectivity index is 0.000000888. The second kappa shape index (κ2) is 12.0. The van der Waals surface area contributed by atoms with Crippen LogP contribution in [0.2, 0.25) is 0 Å². The van der Waals surface area contributed by atoms with Crippen molar-refractivity contribution < 1.29 is 10.2 Å². The van der Waals surface area contributed by atoms with Crippen molar-refractivity contribution in [3.8, 4) is 0 Å². The molecule has 0 atom stereocenters. The zero-order chi connectivity index (χ0) is 32.5. The molecule has 3 aliphatic rings. The summed E-state index contributed by atoms with van der Waals surface area (Å²) in [7, 11) is 8.45. The van der Waals surface area contributed by atoms with Crippen molar-refractivity contribution in [3.63, 3.8) is 0 Å². The molecule has 1 saturated carbocycles. The summed E-state index contributed by atoms with van der Waals surface area (Å²) in [6.45, 7) is 16.8. The van der Waals surface area contributed by atoms with Crippen molar-refractivity contribution in [2.75, 3.05) is 47.8 Å². The Morgan fingerprint density at radius 1 is 0.489 bits per heavy atom. The van der Waals surface area contributed by atoms with E-state index in [-0.39, 0.29) is 18.8 Å². The van der Waals surface area contributed by atoms with Crippen LogP contribution < -0.4 is 29.8 Å². The van der Waals surface area contributed by atoms with Gasteiger partial charge in [0.2, 0.25) is 0 Å². The van der Waals surface area contributed by atoms with Crippen LogP contribution in [0.15, 0.2) is 60.7 Å².